The summed E-state index contributed by atoms with van der Waals surface area (Å²) in [6, 6.07) is 20.2. The van der Waals surface area contributed by atoms with Gasteiger partial charge in [-0.3, -0.25) is 4.79 Å². The minimum atomic E-state index is -1.59. The van der Waals surface area contributed by atoms with Gasteiger partial charge in [0.15, 0.2) is 0 Å². The van der Waals surface area contributed by atoms with Gasteiger partial charge < -0.3 is 9.29 Å². The Morgan fingerprint density at radius 1 is 1.09 bits per heavy atom. The van der Waals surface area contributed by atoms with Gasteiger partial charge in [0.05, 0.1) is 25.4 Å². The van der Waals surface area contributed by atoms with Crippen LogP contribution in [-0.2, 0) is 17.8 Å². The van der Waals surface area contributed by atoms with Crippen LogP contribution in [-0.4, -0.2) is 24.5 Å². The molecular formula is C26H20ClNO3S. The molecule has 0 saturated heterocycles. The quantitative estimate of drug-likeness (QED) is 0.302. The number of nitrogens with zero attached hydrogens (tertiary/aromatic N) is 1. The number of ketones is 1. The van der Waals surface area contributed by atoms with Crippen LogP contribution >= 0.6 is 11.6 Å². The van der Waals surface area contributed by atoms with Crippen molar-refractivity contribution in [3.8, 4) is 17.6 Å². The van der Waals surface area contributed by atoms with Gasteiger partial charge in [0.1, 0.15) is 17.1 Å². The van der Waals surface area contributed by atoms with Crippen molar-refractivity contribution in [2.24, 2.45) is 0 Å². The summed E-state index contributed by atoms with van der Waals surface area (Å²) in [5, 5.41) is 0.601. The van der Waals surface area contributed by atoms with E-state index in [0.29, 0.717) is 22.7 Å². The van der Waals surface area contributed by atoms with E-state index < -0.39 is 11.4 Å². The first-order valence-corrected chi connectivity index (χ1v) is 11.4. The Morgan fingerprint density at radius 2 is 1.81 bits per heavy atom. The second kappa shape index (κ2) is 9.54. The van der Waals surface area contributed by atoms with Crippen molar-refractivity contribution in [3.05, 3.63) is 98.9 Å². The summed E-state index contributed by atoms with van der Waals surface area (Å²) in [5.41, 5.74) is 3.69. The Morgan fingerprint density at radius 3 is 2.50 bits per heavy atom. The third kappa shape index (κ3) is 4.68. The highest BCUT2D eigenvalue weighted by molar-refractivity contribution is 7.97. The van der Waals surface area contributed by atoms with Crippen LogP contribution in [0.25, 0.3) is 6.08 Å². The summed E-state index contributed by atoms with van der Waals surface area (Å²) in [4.78, 5) is 13.4. The van der Waals surface area contributed by atoms with E-state index in [2.05, 4.69) is 11.8 Å². The SMILES string of the molecule is COc1ccc(CC#Cc2ccc3c(c2)C(=O)/C(=C/c2ccc(Cl)cc2)[S+]([O-])N3C)cc1. The molecule has 0 saturated carbocycles. The monoisotopic (exact) mass is 461 g/mol. The number of halogens is 1. The molecule has 3 aromatic rings. The van der Waals surface area contributed by atoms with E-state index in [1.807, 2.05) is 30.3 Å². The lowest BCUT2D eigenvalue weighted by Gasteiger charge is -2.29. The predicted molar refractivity (Wildman–Crippen MR) is 130 cm³/mol. The number of allylic oxidation sites excluding steroid dienone is 1. The molecule has 1 aliphatic rings. The molecule has 0 spiro atoms. The van der Waals surface area contributed by atoms with Gasteiger partial charge in [0.25, 0.3) is 0 Å². The van der Waals surface area contributed by atoms with Gasteiger partial charge in [-0.25, -0.2) is 0 Å². The maximum Gasteiger partial charge on any atom is 0.245 e. The molecule has 4 nitrogen and oxygen atoms in total. The van der Waals surface area contributed by atoms with Gasteiger partial charge in [-0.2, -0.15) is 4.31 Å². The summed E-state index contributed by atoms with van der Waals surface area (Å²) < 4.78 is 19.7. The van der Waals surface area contributed by atoms with Gasteiger partial charge in [0, 0.05) is 23.1 Å². The minimum absolute atomic E-state index is 0.227. The second-order valence-electron chi connectivity index (χ2n) is 7.19. The van der Waals surface area contributed by atoms with E-state index in [1.54, 1.807) is 60.9 Å². The van der Waals surface area contributed by atoms with Crippen molar-refractivity contribution in [3.63, 3.8) is 0 Å². The molecule has 0 bridgehead atoms. The fourth-order valence-corrected chi connectivity index (χ4v) is 4.60. The number of rotatable bonds is 3. The predicted octanol–water partition coefficient (Wildman–Crippen LogP) is 5.28. The van der Waals surface area contributed by atoms with Crippen LogP contribution in [0.4, 0.5) is 5.69 Å². The number of carbonyl (C=O) groups excluding carboxylic acids is 1. The molecule has 0 N–H and O–H groups in total. The molecule has 160 valence electrons. The molecule has 0 aliphatic carbocycles. The highest BCUT2D eigenvalue weighted by atomic mass is 35.5. The van der Waals surface area contributed by atoms with Gasteiger partial charge in [-0.1, -0.05) is 47.7 Å². The van der Waals surface area contributed by atoms with E-state index in [0.717, 1.165) is 22.4 Å². The third-order valence-electron chi connectivity index (χ3n) is 5.09. The number of ether oxygens (including phenoxy) is 1. The number of benzene rings is 3. The molecule has 1 aliphatic heterocycles. The van der Waals surface area contributed by atoms with Gasteiger partial charge in [-0.15, -0.1) is 0 Å². The average molecular weight is 462 g/mol. The standard InChI is InChI=1S/C26H20ClNO3S/c1-28-24-15-10-19(5-3-4-18-8-13-22(31-2)14-9-18)16-23(24)26(29)25(32(28)30)17-20-6-11-21(27)12-7-20/h6-17H,4H2,1-2H3/b25-17-. The summed E-state index contributed by atoms with van der Waals surface area (Å²) >= 11 is 4.35. The first-order chi connectivity index (χ1) is 15.5. The summed E-state index contributed by atoms with van der Waals surface area (Å²) in [6.45, 7) is 0. The molecule has 6 heteroatoms. The number of fused-ring (bicyclic) bond motifs is 1. The zero-order valence-electron chi connectivity index (χ0n) is 17.6. The number of Topliss-reactive ketones (excluding diaryl/α,β-unsaturated/α-hetero) is 1. The number of anilines is 1. The van der Waals surface area contributed by atoms with E-state index in [4.69, 9.17) is 16.3 Å². The summed E-state index contributed by atoms with van der Waals surface area (Å²) in [7, 11) is 3.35. The molecule has 0 aromatic heterocycles. The molecule has 4 rings (SSSR count). The van der Waals surface area contributed by atoms with Gasteiger partial charge in [-0.05, 0) is 53.6 Å². The van der Waals surface area contributed by atoms with Crippen molar-refractivity contribution in [1.82, 2.24) is 0 Å². The average Bonchev–Trinajstić information content (AvgIpc) is 2.82. The lowest BCUT2D eigenvalue weighted by Crippen LogP contribution is -2.36. The van der Waals surface area contributed by atoms with Crippen LogP contribution in [0, 0.1) is 11.8 Å². The van der Waals surface area contributed by atoms with Crippen molar-refractivity contribution in [1.29, 1.82) is 0 Å². The van der Waals surface area contributed by atoms with Crippen LogP contribution in [0.15, 0.2) is 71.6 Å². The molecule has 32 heavy (non-hydrogen) atoms. The fourth-order valence-electron chi connectivity index (χ4n) is 3.34. The lowest BCUT2D eigenvalue weighted by molar-refractivity contribution is 0.104. The highest BCUT2D eigenvalue weighted by Gasteiger charge is 2.38. The number of carbonyl (C=O) groups is 1. The van der Waals surface area contributed by atoms with E-state index in [9.17, 15) is 9.35 Å². The van der Waals surface area contributed by atoms with Gasteiger partial charge in [0.2, 0.25) is 10.7 Å². The Bertz CT molecular complexity index is 1240. The van der Waals surface area contributed by atoms with E-state index >= 15 is 0 Å². The second-order valence-corrected chi connectivity index (χ2v) is 9.12. The van der Waals surface area contributed by atoms with E-state index in [-0.39, 0.29) is 10.7 Å². The smallest absolute Gasteiger partial charge is 0.245 e. The molecule has 0 amide bonds. The molecule has 1 atom stereocenters. The van der Waals surface area contributed by atoms with Crippen LogP contribution in [0.1, 0.15) is 27.0 Å². The zero-order chi connectivity index (χ0) is 22.7. The minimum Gasteiger partial charge on any atom is -0.588 e. The summed E-state index contributed by atoms with van der Waals surface area (Å²) in [6.07, 6.45) is 2.23. The third-order valence-corrected chi connectivity index (χ3v) is 6.72. The Hall–Kier alpha value is -3.17. The Kier molecular flexibility index (Phi) is 6.57. The number of hydrogen-bond acceptors (Lipinski definition) is 4. The number of methoxy groups -OCH3 is 1. The van der Waals surface area contributed by atoms with Gasteiger partial charge >= 0.3 is 0 Å². The summed E-state index contributed by atoms with van der Waals surface area (Å²) in [5.74, 6) is 6.82. The first-order valence-electron chi connectivity index (χ1n) is 9.89. The van der Waals surface area contributed by atoms with E-state index in [1.165, 1.54) is 0 Å². The van der Waals surface area contributed by atoms with Crippen LogP contribution in [0.2, 0.25) is 5.02 Å². The molecule has 1 heterocycles. The largest absolute Gasteiger partial charge is 0.588 e. The normalized spacial score (nSPS) is 16.4. The van der Waals surface area contributed by atoms with Crippen molar-refractivity contribution < 1.29 is 14.1 Å². The number of hydrogen-bond donors (Lipinski definition) is 0. The van der Waals surface area contributed by atoms with Crippen molar-refractivity contribution in [2.75, 3.05) is 18.5 Å². The molecular weight excluding hydrogens is 442 g/mol. The maximum atomic E-state index is 13.2. The van der Waals surface area contributed by atoms with Crippen molar-refractivity contribution in [2.45, 2.75) is 6.42 Å². The fraction of sp³-hybridized carbons (Fsp3) is 0.115. The lowest BCUT2D eigenvalue weighted by atomic mass is 10.0. The molecule has 3 aromatic carbocycles. The zero-order valence-corrected chi connectivity index (χ0v) is 19.2. The highest BCUT2D eigenvalue weighted by Crippen LogP contribution is 2.35. The Balaban J connectivity index is 1.60. The topological polar surface area (TPSA) is 52.6 Å². The first kappa shape index (κ1) is 22.0. The molecule has 0 fully saturated rings. The van der Waals surface area contributed by atoms with Crippen LogP contribution < -0.4 is 9.04 Å². The maximum absolute atomic E-state index is 13.2. The van der Waals surface area contributed by atoms with Crippen LogP contribution in [0.5, 0.6) is 5.75 Å². The molecule has 0 radical (unpaired) electrons. The molecule has 1 unspecified atom stereocenters. The Labute approximate surface area is 195 Å². The van der Waals surface area contributed by atoms with Crippen molar-refractivity contribution >= 4 is 40.5 Å². The van der Waals surface area contributed by atoms with Crippen LogP contribution in [0.3, 0.4) is 0 Å².